The van der Waals surface area contributed by atoms with Crippen molar-refractivity contribution in [2.45, 2.75) is 13.0 Å². The van der Waals surface area contributed by atoms with Gasteiger partial charge in [-0.25, -0.2) is 0 Å². The molecule has 1 fully saturated rings. The minimum atomic E-state index is 0. The fraction of sp³-hybridized carbons (Fsp3) is 0.500. The van der Waals surface area contributed by atoms with Crippen molar-refractivity contribution < 1.29 is 0 Å². The molecule has 0 aromatic heterocycles. The first kappa shape index (κ1) is 17.4. The summed E-state index contributed by atoms with van der Waals surface area (Å²) in [6.07, 6.45) is 0. The number of nitrogens with zero attached hydrogens (tertiary/aromatic N) is 1. The first-order valence-corrected chi connectivity index (χ1v) is 6.56. The molecule has 1 saturated heterocycles. The molecular weight excluding hydrogens is 370 g/mol. The van der Waals surface area contributed by atoms with E-state index in [-0.39, 0.29) is 24.8 Å². The second-order valence-corrected chi connectivity index (χ2v) is 5.15. The number of halogens is 3. The summed E-state index contributed by atoms with van der Waals surface area (Å²) >= 11 is 2.43. The lowest BCUT2D eigenvalue weighted by Crippen LogP contribution is -2.44. The Balaban J connectivity index is 0.00000128. The first-order chi connectivity index (χ1) is 7.29. The lowest BCUT2D eigenvalue weighted by molar-refractivity contribution is 0.185. The molecule has 0 aliphatic carbocycles. The molecule has 1 aromatic rings. The zero-order valence-corrected chi connectivity index (χ0v) is 13.6. The van der Waals surface area contributed by atoms with Crippen LogP contribution < -0.4 is 5.32 Å². The minimum Gasteiger partial charge on any atom is -0.314 e. The Morgan fingerprint density at radius 1 is 1.18 bits per heavy atom. The van der Waals surface area contributed by atoms with E-state index in [1.165, 1.54) is 9.13 Å². The van der Waals surface area contributed by atoms with Gasteiger partial charge in [0.05, 0.1) is 0 Å². The largest absolute Gasteiger partial charge is 0.314 e. The average molecular weight is 389 g/mol. The molecule has 2 nitrogen and oxygen atoms in total. The molecule has 1 aliphatic rings. The summed E-state index contributed by atoms with van der Waals surface area (Å²) in [6, 6.07) is 9.22. The molecule has 0 bridgehead atoms. The molecule has 1 N–H and O–H groups in total. The third-order valence-electron chi connectivity index (χ3n) is 3.05. The molecule has 1 aliphatic heterocycles. The zero-order valence-electron chi connectivity index (χ0n) is 9.86. The van der Waals surface area contributed by atoms with Crippen LogP contribution in [0.25, 0.3) is 0 Å². The van der Waals surface area contributed by atoms with E-state index >= 15 is 0 Å². The van der Waals surface area contributed by atoms with Gasteiger partial charge in [-0.1, -0.05) is 18.2 Å². The second-order valence-electron chi connectivity index (χ2n) is 3.98. The monoisotopic (exact) mass is 388 g/mol. The van der Waals surface area contributed by atoms with Crippen LogP contribution in [-0.2, 0) is 0 Å². The maximum absolute atomic E-state index is 3.39. The second kappa shape index (κ2) is 8.53. The summed E-state index contributed by atoms with van der Waals surface area (Å²) in [5, 5.41) is 3.39. The van der Waals surface area contributed by atoms with E-state index < -0.39 is 0 Å². The molecular formula is C12H19Cl2IN2. The minimum absolute atomic E-state index is 0. The van der Waals surface area contributed by atoms with Crippen LogP contribution in [0, 0.1) is 3.57 Å². The Kier molecular flexibility index (Phi) is 8.76. The molecule has 0 unspecified atom stereocenters. The van der Waals surface area contributed by atoms with Crippen LogP contribution in [0.15, 0.2) is 24.3 Å². The highest BCUT2D eigenvalue weighted by molar-refractivity contribution is 14.1. The molecule has 98 valence electrons. The summed E-state index contributed by atoms with van der Waals surface area (Å²) in [5.74, 6) is 0. The van der Waals surface area contributed by atoms with Crippen LogP contribution in [0.2, 0.25) is 0 Å². The van der Waals surface area contributed by atoms with Crippen molar-refractivity contribution in [1.29, 1.82) is 0 Å². The summed E-state index contributed by atoms with van der Waals surface area (Å²) in [7, 11) is 0. The van der Waals surface area contributed by atoms with Crippen LogP contribution in [0.4, 0.5) is 0 Å². The number of piperazine rings is 1. The first-order valence-electron chi connectivity index (χ1n) is 5.48. The van der Waals surface area contributed by atoms with Gasteiger partial charge in [-0.3, -0.25) is 4.90 Å². The normalized spacial score (nSPS) is 17.8. The standard InChI is InChI=1S/C12H17IN2.2ClH/c1-10(15-8-6-14-7-9-15)11-4-2-3-5-12(11)13;;/h2-5,10,14H,6-9H2,1H3;2*1H/t10-;;/m0../s1. The number of rotatable bonds is 2. The van der Waals surface area contributed by atoms with Gasteiger partial charge in [0.25, 0.3) is 0 Å². The predicted molar refractivity (Wildman–Crippen MR) is 86.5 cm³/mol. The van der Waals surface area contributed by atoms with Crippen LogP contribution in [0.3, 0.4) is 0 Å². The Labute approximate surface area is 129 Å². The predicted octanol–water partition coefficient (Wildman–Crippen LogP) is 3.10. The Hall–Kier alpha value is 0.450. The van der Waals surface area contributed by atoms with Gasteiger partial charge in [-0.2, -0.15) is 0 Å². The van der Waals surface area contributed by atoms with E-state index in [0.717, 1.165) is 26.2 Å². The Bertz CT molecular complexity index is 330. The van der Waals surface area contributed by atoms with E-state index in [2.05, 4.69) is 64.0 Å². The number of benzene rings is 1. The van der Waals surface area contributed by atoms with Gasteiger partial charge in [-0.05, 0) is 41.1 Å². The summed E-state index contributed by atoms with van der Waals surface area (Å²) in [5.41, 5.74) is 1.46. The average Bonchev–Trinajstić information content (AvgIpc) is 2.30. The van der Waals surface area contributed by atoms with Crippen molar-refractivity contribution in [2.75, 3.05) is 26.2 Å². The van der Waals surface area contributed by atoms with Crippen molar-refractivity contribution in [3.8, 4) is 0 Å². The molecule has 5 heteroatoms. The third-order valence-corrected chi connectivity index (χ3v) is 4.04. The number of hydrogen-bond acceptors (Lipinski definition) is 2. The third kappa shape index (κ3) is 4.56. The number of nitrogens with one attached hydrogen (secondary N) is 1. The maximum Gasteiger partial charge on any atom is 0.0331 e. The molecule has 17 heavy (non-hydrogen) atoms. The zero-order chi connectivity index (χ0) is 10.7. The van der Waals surface area contributed by atoms with Crippen molar-refractivity contribution in [3.05, 3.63) is 33.4 Å². The highest BCUT2D eigenvalue weighted by Crippen LogP contribution is 2.24. The maximum atomic E-state index is 3.39. The van der Waals surface area contributed by atoms with Gasteiger partial charge in [0.1, 0.15) is 0 Å². The van der Waals surface area contributed by atoms with Gasteiger partial charge in [0.2, 0.25) is 0 Å². The molecule has 1 heterocycles. The van der Waals surface area contributed by atoms with E-state index in [4.69, 9.17) is 0 Å². The van der Waals surface area contributed by atoms with Crippen molar-refractivity contribution >= 4 is 47.4 Å². The Morgan fingerprint density at radius 2 is 1.76 bits per heavy atom. The Morgan fingerprint density at radius 3 is 2.35 bits per heavy atom. The molecule has 1 aromatic carbocycles. The molecule has 0 radical (unpaired) electrons. The highest BCUT2D eigenvalue weighted by atomic mass is 127. The van der Waals surface area contributed by atoms with E-state index in [9.17, 15) is 0 Å². The summed E-state index contributed by atoms with van der Waals surface area (Å²) < 4.78 is 1.38. The quantitative estimate of drug-likeness (QED) is 0.783. The van der Waals surface area contributed by atoms with Gasteiger partial charge >= 0.3 is 0 Å². The van der Waals surface area contributed by atoms with Crippen LogP contribution in [0.1, 0.15) is 18.5 Å². The molecule has 1 atom stereocenters. The summed E-state index contributed by atoms with van der Waals surface area (Å²) in [4.78, 5) is 2.55. The fourth-order valence-electron chi connectivity index (χ4n) is 2.08. The van der Waals surface area contributed by atoms with Crippen LogP contribution >= 0.6 is 47.4 Å². The summed E-state index contributed by atoms with van der Waals surface area (Å²) in [6.45, 7) is 6.86. The van der Waals surface area contributed by atoms with E-state index in [1.54, 1.807) is 0 Å². The molecule has 0 spiro atoms. The fourth-order valence-corrected chi connectivity index (χ4v) is 2.92. The smallest absolute Gasteiger partial charge is 0.0331 e. The topological polar surface area (TPSA) is 15.3 Å². The van der Waals surface area contributed by atoms with Gasteiger partial charge in [0.15, 0.2) is 0 Å². The molecule has 2 rings (SSSR count). The van der Waals surface area contributed by atoms with Crippen LogP contribution in [-0.4, -0.2) is 31.1 Å². The molecule has 0 saturated carbocycles. The SMILES string of the molecule is C[C@@H](c1ccccc1I)N1CCNCC1.Cl.Cl. The van der Waals surface area contributed by atoms with E-state index in [1.807, 2.05) is 0 Å². The van der Waals surface area contributed by atoms with Crippen molar-refractivity contribution in [1.82, 2.24) is 10.2 Å². The van der Waals surface area contributed by atoms with Crippen molar-refractivity contribution in [2.24, 2.45) is 0 Å². The lowest BCUT2D eigenvalue weighted by atomic mass is 10.1. The molecule has 0 amide bonds. The van der Waals surface area contributed by atoms with Crippen LogP contribution in [0.5, 0.6) is 0 Å². The highest BCUT2D eigenvalue weighted by Gasteiger charge is 2.18. The van der Waals surface area contributed by atoms with Gasteiger partial charge in [0, 0.05) is 35.8 Å². The van der Waals surface area contributed by atoms with Crippen molar-refractivity contribution in [3.63, 3.8) is 0 Å². The van der Waals surface area contributed by atoms with Gasteiger partial charge in [-0.15, -0.1) is 24.8 Å². The number of hydrogen-bond donors (Lipinski definition) is 1. The lowest BCUT2D eigenvalue weighted by Gasteiger charge is -2.33. The van der Waals surface area contributed by atoms with E-state index in [0.29, 0.717) is 6.04 Å². The van der Waals surface area contributed by atoms with Gasteiger partial charge < -0.3 is 5.32 Å².